The van der Waals surface area contributed by atoms with Gasteiger partial charge in [0, 0.05) is 22.3 Å². The van der Waals surface area contributed by atoms with Crippen molar-refractivity contribution >= 4 is 17.4 Å². The SMILES string of the molecule is Cc1cc(C)c([N+]2=C=[N+](c3c(C)cc(C)cc3C)CC2)c(C)c1. The van der Waals surface area contributed by atoms with Gasteiger partial charge in [-0.25, -0.2) is 0 Å². The molecule has 0 bridgehead atoms. The Morgan fingerprint density at radius 2 is 0.913 bits per heavy atom. The van der Waals surface area contributed by atoms with E-state index < -0.39 is 0 Å². The molecular formula is C21H26N2+2. The molecule has 0 fully saturated rings. The van der Waals surface area contributed by atoms with Crippen LogP contribution in [0.1, 0.15) is 33.4 Å². The van der Waals surface area contributed by atoms with Gasteiger partial charge in [0.25, 0.3) is 0 Å². The summed E-state index contributed by atoms with van der Waals surface area (Å²) in [7, 11) is 0. The normalized spacial score (nSPS) is 14.0. The molecular weight excluding hydrogens is 280 g/mol. The van der Waals surface area contributed by atoms with Crippen LogP contribution in [-0.4, -0.2) is 28.2 Å². The molecule has 0 atom stereocenters. The van der Waals surface area contributed by atoms with Gasteiger partial charge < -0.3 is 0 Å². The van der Waals surface area contributed by atoms with Crippen molar-refractivity contribution in [2.24, 2.45) is 0 Å². The highest BCUT2D eigenvalue weighted by Crippen LogP contribution is 2.28. The predicted molar refractivity (Wildman–Crippen MR) is 95.9 cm³/mol. The highest BCUT2D eigenvalue weighted by atomic mass is 15.2. The van der Waals surface area contributed by atoms with Gasteiger partial charge in [0.2, 0.25) is 24.5 Å². The monoisotopic (exact) mass is 306 g/mol. The molecule has 0 saturated heterocycles. The summed E-state index contributed by atoms with van der Waals surface area (Å²) in [5.74, 6) is 0. The summed E-state index contributed by atoms with van der Waals surface area (Å²) in [4.78, 5) is 0. The minimum absolute atomic E-state index is 0.984. The molecule has 1 aliphatic heterocycles. The molecule has 118 valence electrons. The van der Waals surface area contributed by atoms with Crippen LogP contribution < -0.4 is 0 Å². The first-order valence-electron chi connectivity index (χ1n) is 8.34. The summed E-state index contributed by atoms with van der Waals surface area (Å²) in [6.45, 7) is 15.1. The zero-order valence-corrected chi connectivity index (χ0v) is 15.1. The van der Waals surface area contributed by atoms with E-state index in [4.69, 9.17) is 0 Å². The second-order valence-electron chi connectivity index (χ2n) is 6.90. The van der Waals surface area contributed by atoms with Crippen LogP contribution in [0.2, 0.25) is 0 Å². The van der Waals surface area contributed by atoms with Crippen LogP contribution in [0.25, 0.3) is 0 Å². The maximum absolute atomic E-state index is 3.59. The van der Waals surface area contributed by atoms with Crippen molar-refractivity contribution in [3.8, 4) is 0 Å². The van der Waals surface area contributed by atoms with Crippen molar-refractivity contribution in [3.63, 3.8) is 0 Å². The van der Waals surface area contributed by atoms with E-state index in [0.29, 0.717) is 0 Å². The van der Waals surface area contributed by atoms with Gasteiger partial charge in [-0.05, 0) is 65.8 Å². The zero-order valence-electron chi connectivity index (χ0n) is 15.1. The number of hydrogen-bond acceptors (Lipinski definition) is 0. The van der Waals surface area contributed by atoms with Crippen molar-refractivity contribution in [2.45, 2.75) is 41.5 Å². The molecule has 2 aromatic rings. The van der Waals surface area contributed by atoms with E-state index in [1.54, 1.807) is 0 Å². The Hall–Kier alpha value is -2.18. The van der Waals surface area contributed by atoms with Crippen molar-refractivity contribution in [3.05, 3.63) is 57.6 Å². The van der Waals surface area contributed by atoms with Gasteiger partial charge in [-0.3, -0.25) is 0 Å². The lowest BCUT2D eigenvalue weighted by molar-refractivity contribution is -0.439. The minimum Gasteiger partial charge on any atom is -0.0867 e. The van der Waals surface area contributed by atoms with Gasteiger partial charge in [0.15, 0.2) is 0 Å². The number of aryl methyl sites for hydroxylation is 6. The lowest BCUT2D eigenvalue weighted by Crippen LogP contribution is -2.10. The third-order valence-electron chi connectivity index (χ3n) is 4.60. The van der Waals surface area contributed by atoms with Gasteiger partial charge in [-0.15, -0.1) is 0 Å². The van der Waals surface area contributed by atoms with E-state index in [-0.39, 0.29) is 0 Å². The Kier molecular flexibility index (Phi) is 3.95. The Bertz CT molecular complexity index is 750. The molecule has 2 heteroatoms. The summed E-state index contributed by atoms with van der Waals surface area (Å²) < 4.78 is 4.56. The van der Waals surface area contributed by atoms with Crippen LogP contribution in [0.4, 0.5) is 11.4 Å². The van der Waals surface area contributed by atoms with Crippen LogP contribution in [0.15, 0.2) is 24.3 Å². The van der Waals surface area contributed by atoms with Gasteiger partial charge >= 0.3 is 6.01 Å². The Labute approximate surface area is 139 Å². The van der Waals surface area contributed by atoms with E-state index in [1.807, 2.05) is 0 Å². The fourth-order valence-electron chi connectivity index (χ4n) is 3.97. The summed E-state index contributed by atoms with van der Waals surface area (Å²) in [6, 6.07) is 12.6. The Morgan fingerprint density at radius 1 is 0.609 bits per heavy atom. The van der Waals surface area contributed by atoms with Crippen LogP contribution in [0.3, 0.4) is 0 Å². The lowest BCUT2D eigenvalue weighted by atomic mass is 10.0. The first-order chi connectivity index (χ1) is 10.9. The summed E-state index contributed by atoms with van der Waals surface area (Å²) in [5.41, 5.74) is 10.6. The standard InChI is InChI=1S/C21H26N2/c1-14-9-16(3)20(17(4)10-14)22-7-8-23(13-22)21-18(5)11-15(2)12-19(21)6/h9-12H,7-8H2,1-6H3/q+2. The molecule has 0 unspecified atom stereocenters. The molecule has 0 aromatic heterocycles. The molecule has 3 rings (SSSR count). The van der Waals surface area contributed by atoms with Crippen molar-refractivity contribution in [1.29, 1.82) is 0 Å². The molecule has 2 nitrogen and oxygen atoms in total. The van der Waals surface area contributed by atoms with Crippen molar-refractivity contribution < 1.29 is 9.15 Å². The summed E-state index contributed by atoms with van der Waals surface area (Å²) in [5, 5.41) is 0. The molecule has 23 heavy (non-hydrogen) atoms. The van der Waals surface area contributed by atoms with Crippen LogP contribution in [-0.2, 0) is 0 Å². The van der Waals surface area contributed by atoms with Gasteiger partial charge in [-0.1, -0.05) is 20.3 Å². The molecule has 0 aliphatic carbocycles. The Balaban J connectivity index is 2.17. The molecule has 0 amide bonds. The highest BCUT2D eigenvalue weighted by Gasteiger charge is 2.30. The van der Waals surface area contributed by atoms with Gasteiger partial charge in [-0.2, -0.15) is 0 Å². The fourth-order valence-corrected chi connectivity index (χ4v) is 3.97. The second-order valence-corrected chi connectivity index (χ2v) is 6.90. The summed E-state index contributed by atoms with van der Waals surface area (Å²) >= 11 is 0. The predicted octanol–water partition coefficient (Wildman–Crippen LogP) is 4.71. The molecule has 0 N–H and O–H groups in total. The van der Waals surface area contributed by atoms with Gasteiger partial charge in [0.1, 0.15) is 0 Å². The fraction of sp³-hybridized carbons (Fsp3) is 0.381. The molecule has 0 saturated carbocycles. The molecule has 0 radical (unpaired) electrons. The molecule has 1 aliphatic rings. The average Bonchev–Trinajstić information content (AvgIpc) is 2.85. The van der Waals surface area contributed by atoms with Gasteiger partial charge in [0.05, 0.1) is 0 Å². The maximum Gasteiger partial charge on any atom is 0.490 e. The van der Waals surface area contributed by atoms with Crippen molar-refractivity contribution in [1.82, 2.24) is 0 Å². The second kappa shape index (κ2) is 5.79. The van der Waals surface area contributed by atoms with E-state index in [0.717, 1.165) is 13.1 Å². The quantitative estimate of drug-likeness (QED) is 0.709. The number of benzene rings is 2. The third-order valence-corrected chi connectivity index (χ3v) is 4.60. The number of hydrogen-bond donors (Lipinski definition) is 0. The molecule has 0 spiro atoms. The first-order valence-corrected chi connectivity index (χ1v) is 8.34. The van der Waals surface area contributed by atoms with E-state index in [9.17, 15) is 0 Å². The summed E-state index contributed by atoms with van der Waals surface area (Å²) in [6.07, 6.45) is 0. The van der Waals surface area contributed by atoms with E-state index in [1.165, 1.54) is 44.8 Å². The largest absolute Gasteiger partial charge is 0.490 e. The van der Waals surface area contributed by atoms with E-state index >= 15 is 0 Å². The average molecular weight is 306 g/mol. The van der Waals surface area contributed by atoms with Crippen LogP contribution in [0, 0.1) is 41.5 Å². The highest BCUT2D eigenvalue weighted by molar-refractivity contribution is 5.54. The lowest BCUT2D eigenvalue weighted by Gasteiger charge is -2.04. The van der Waals surface area contributed by atoms with Crippen LogP contribution in [0.5, 0.6) is 0 Å². The minimum atomic E-state index is 0.984. The molecule has 1 heterocycles. The number of nitrogens with zero attached hydrogens (tertiary/aromatic N) is 2. The molecule has 2 aromatic carbocycles. The zero-order chi connectivity index (χ0) is 16.7. The van der Waals surface area contributed by atoms with E-state index in [2.05, 4.69) is 81.0 Å². The Morgan fingerprint density at radius 3 is 1.22 bits per heavy atom. The topological polar surface area (TPSA) is 6.02 Å². The number of rotatable bonds is 2. The smallest absolute Gasteiger partial charge is 0.0867 e. The van der Waals surface area contributed by atoms with Crippen molar-refractivity contribution in [2.75, 3.05) is 13.1 Å². The first kappa shape index (κ1) is 15.7. The third kappa shape index (κ3) is 2.87. The van der Waals surface area contributed by atoms with Crippen LogP contribution >= 0.6 is 0 Å². The maximum atomic E-state index is 3.59.